The van der Waals surface area contributed by atoms with Crippen LogP contribution < -0.4 is 5.32 Å². The van der Waals surface area contributed by atoms with Gasteiger partial charge in [0.2, 0.25) is 0 Å². The summed E-state index contributed by atoms with van der Waals surface area (Å²) in [5, 5.41) is 3.17. The van der Waals surface area contributed by atoms with E-state index >= 15 is 0 Å². The molecule has 0 aromatic heterocycles. The second-order valence-electron chi connectivity index (χ2n) is 5.70. The fraction of sp³-hybridized carbons (Fsp3) is 0.368. The van der Waals surface area contributed by atoms with Crippen molar-refractivity contribution in [3.8, 4) is 0 Å². The third kappa shape index (κ3) is 4.40. The van der Waals surface area contributed by atoms with Gasteiger partial charge in [0, 0.05) is 0 Å². The average Bonchev–Trinajstić information content (AvgIpc) is 2.45. The Balaban J connectivity index is 2.15. The predicted octanol–water partition coefficient (Wildman–Crippen LogP) is 3.99. The normalized spacial score (nSPS) is 10.9. The minimum Gasteiger partial charge on any atom is -0.319 e. The first-order valence-electron chi connectivity index (χ1n) is 7.58. The van der Waals surface area contributed by atoms with Gasteiger partial charge in [0.05, 0.1) is 0 Å². The van der Waals surface area contributed by atoms with E-state index in [4.69, 9.17) is 0 Å². The predicted molar refractivity (Wildman–Crippen MR) is 87.4 cm³/mol. The maximum absolute atomic E-state index is 13.7. The third-order valence-corrected chi connectivity index (χ3v) is 3.96. The van der Waals surface area contributed by atoms with E-state index in [0.29, 0.717) is 0 Å². The number of nitrogens with one attached hydrogen (secondary N) is 1. The molecule has 2 rings (SSSR count). The number of rotatable bonds is 6. The molecule has 0 unspecified atom stereocenters. The van der Waals surface area contributed by atoms with Crippen LogP contribution in [0.2, 0.25) is 0 Å². The van der Waals surface area contributed by atoms with Crippen LogP contribution in [0.4, 0.5) is 4.39 Å². The van der Waals surface area contributed by atoms with E-state index in [2.05, 4.69) is 36.5 Å². The molecule has 1 N–H and O–H groups in total. The maximum Gasteiger partial charge on any atom is 0.123 e. The summed E-state index contributed by atoms with van der Waals surface area (Å²) in [6.07, 6.45) is 2.79. The number of hydrogen-bond acceptors (Lipinski definition) is 1. The monoisotopic (exact) mass is 285 g/mol. The van der Waals surface area contributed by atoms with Gasteiger partial charge < -0.3 is 5.32 Å². The number of halogens is 1. The lowest BCUT2D eigenvalue weighted by Crippen LogP contribution is -2.13. The summed E-state index contributed by atoms with van der Waals surface area (Å²) in [5.41, 5.74) is 6.07. The Morgan fingerprint density at radius 1 is 0.952 bits per heavy atom. The largest absolute Gasteiger partial charge is 0.319 e. The molecular weight excluding hydrogens is 261 g/mol. The summed E-state index contributed by atoms with van der Waals surface area (Å²) in [7, 11) is 1.95. The average molecular weight is 285 g/mol. The molecule has 0 radical (unpaired) electrons. The van der Waals surface area contributed by atoms with Crippen molar-refractivity contribution in [1.82, 2.24) is 5.32 Å². The van der Waals surface area contributed by atoms with Crippen molar-refractivity contribution >= 4 is 0 Å². The second kappa shape index (κ2) is 7.37. The SMILES string of the molecule is CNCCc1c(C)cc(F)cc1CCc1ccc(C)cc1. The van der Waals surface area contributed by atoms with Crippen LogP contribution in [0.25, 0.3) is 0 Å². The molecule has 21 heavy (non-hydrogen) atoms. The number of hydrogen-bond donors (Lipinski definition) is 1. The minimum atomic E-state index is -0.125. The van der Waals surface area contributed by atoms with Crippen molar-refractivity contribution < 1.29 is 4.39 Å². The number of benzene rings is 2. The molecule has 0 aliphatic carbocycles. The van der Waals surface area contributed by atoms with Gasteiger partial charge in [-0.15, -0.1) is 0 Å². The van der Waals surface area contributed by atoms with E-state index in [1.165, 1.54) is 16.7 Å². The lowest BCUT2D eigenvalue weighted by molar-refractivity contribution is 0.621. The molecule has 0 saturated carbocycles. The molecular formula is C19H24FN. The minimum absolute atomic E-state index is 0.125. The molecule has 0 bridgehead atoms. The Morgan fingerprint density at radius 2 is 1.67 bits per heavy atom. The van der Waals surface area contributed by atoms with Crippen LogP contribution in [0, 0.1) is 19.7 Å². The second-order valence-corrected chi connectivity index (χ2v) is 5.70. The lowest BCUT2D eigenvalue weighted by atomic mass is 9.94. The highest BCUT2D eigenvalue weighted by molar-refractivity contribution is 5.36. The van der Waals surface area contributed by atoms with Gasteiger partial charge in [-0.2, -0.15) is 0 Å². The number of aryl methyl sites for hydroxylation is 4. The Labute approximate surface area is 127 Å². The van der Waals surface area contributed by atoms with Gasteiger partial charge in [0.1, 0.15) is 5.82 Å². The fourth-order valence-corrected chi connectivity index (χ4v) is 2.71. The smallest absolute Gasteiger partial charge is 0.123 e. The third-order valence-electron chi connectivity index (χ3n) is 3.96. The standard InChI is InChI=1S/C19H24FN/c1-14-4-6-16(7-5-14)8-9-17-13-18(20)12-15(2)19(17)10-11-21-3/h4-7,12-13,21H,8-11H2,1-3H3. The van der Waals surface area contributed by atoms with Gasteiger partial charge in [-0.3, -0.25) is 0 Å². The molecule has 0 aliphatic heterocycles. The molecule has 2 heteroatoms. The van der Waals surface area contributed by atoms with Gasteiger partial charge in [-0.1, -0.05) is 29.8 Å². The highest BCUT2D eigenvalue weighted by Crippen LogP contribution is 2.19. The van der Waals surface area contributed by atoms with Gasteiger partial charge in [0.25, 0.3) is 0 Å². The lowest BCUT2D eigenvalue weighted by Gasteiger charge is -2.13. The van der Waals surface area contributed by atoms with Crippen molar-refractivity contribution in [2.45, 2.75) is 33.1 Å². The highest BCUT2D eigenvalue weighted by atomic mass is 19.1. The van der Waals surface area contributed by atoms with Crippen molar-refractivity contribution in [3.05, 3.63) is 70.0 Å². The quantitative estimate of drug-likeness (QED) is 0.846. The zero-order chi connectivity index (χ0) is 15.2. The maximum atomic E-state index is 13.7. The van der Waals surface area contributed by atoms with E-state index in [9.17, 15) is 4.39 Å². The molecule has 0 amide bonds. The Kier molecular flexibility index (Phi) is 5.51. The van der Waals surface area contributed by atoms with Crippen molar-refractivity contribution in [2.24, 2.45) is 0 Å². The van der Waals surface area contributed by atoms with E-state index in [1.54, 1.807) is 12.1 Å². The van der Waals surface area contributed by atoms with Crippen LogP contribution >= 0.6 is 0 Å². The molecule has 2 aromatic carbocycles. The zero-order valence-corrected chi connectivity index (χ0v) is 13.2. The summed E-state index contributed by atoms with van der Waals surface area (Å²) in [4.78, 5) is 0. The van der Waals surface area contributed by atoms with Crippen LogP contribution in [0.1, 0.15) is 27.8 Å². The fourth-order valence-electron chi connectivity index (χ4n) is 2.71. The Bertz CT molecular complexity index is 587. The summed E-state index contributed by atoms with van der Waals surface area (Å²) in [5.74, 6) is -0.125. The molecule has 0 heterocycles. The highest BCUT2D eigenvalue weighted by Gasteiger charge is 2.08. The molecule has 2 aromatic rings. The molecule has 0 atom stereocenters. The number of likely N-dealkylation sites (N-methyl/N-ethyl adjacent to an activating group) is 1. The van der Waals surface area contributed by atoms with Crippen molar-refractivity contribution in [3.63, 3.8) is 0 Å². The van der Waals surface area contributed by atoms with Crippen LogP contribution in [0.5, 0.6) is 0 Å². The Morgan fingerprint density at radius 3 is 2.33 bits per heavy atom. The zero-order valence-electron chi connectivity index (χ0n) is 13.2. The summed E-state index contributed by atoms with van der Waals surface area (Å²) in [6, 6.07) is 11.9. The molecule has 1 nitrogen and oxygen atoms in total. The molecule has 0 saturated heterocycles. The first kappa shape index (κ1) is 15.7. The van der Waals surface area contributed by atoms with Crippen molar-refractivity contribution in [1.29, 1.82) is 0 Å². The van der Waals surface area contributed by atoms with Gasteiger partial charge in [0.15, 0.2) is 0 Å². The van der Waals surface area contributed by atoms with Gasteiger partial charge in [-0.05, 0) is 81.1 Å². The molecule has 0 spiro atoms. The summed E-state index contributed by atoms with van der Waals surface area (Å²) < 4.78 is 13.7. The van der Waals surface area contributed by atoms with Crippen LogP contribution in [0.3, 0.4) is 0 Å². The van der Waals surface area contributed by atoms with E-state index in [0.717, 1.165) is 36.9 Å². The van der Waals surface area contributed by atoms with Crippen LogP contribution in [-0.2, 0) is 19.3 Å². The van der Waals surface area contributed by atoms with E-state index < -0.39 is 0 Å². The molecule has 112 valence electrons. The van der Waals surface area contributed by atoms with Crippen LogP contribution in [0.15, 0.2) is 36.4 Å². The topological polar surface area (TPSA) is 12.0 Å². The van der Waals surface area contributed by atoms with Gasteiger partial charge >= 0.3 is 0 Å². The van der Waals surface area contributed by atoms with Crippen LogP contribution in [-0.4, -0.2) is 13.6 Å². The van der Waals surface area contributed by atoms with E-state index in [1.807, 2.05) is 14.0 Å². The van der Waals surface area contributed by atoms with Gasteiger partial charge in [-0.25, -0.2) is 4.39 Å². The first-order chi connectivity index (χ1) is 10.1. The molecule has 0 aliphatic rings. The van der Waals surface area contributed by atoms with Crippen molar-refractivity contribution in [2.75, 3.05) is 13.6 Å². The first-order valence-corrected chi connectivity index (χ1v) is 7.58. The molecule has 0 fully saturated rings. The summed E-state index contributed by atoms with van der Waals surface area (Å²) in [6.45, 7) is 5.02. The Hall–Kier alpha value is -1.67. The van der Waals surface area contributed by atoms with E-state index in [-0.39, 0.29) is 5.82 Å². The summed E-state index contributed by atoms with van der Waals surface area (Å²) >= 11 is 0.